The molecular formula is H7F6KNi. The molecule has 0 aliphatic rings. The molecule has 0 bridgehead atoms. The minimum atomic E-state index is 0. The monoisotopic (exact) mass is 218 g/mol. The molecule has 0 aromatic heterocycles. The molecule has 0 aromatic carbocycles. The van der Waals surface area contributed by atoms with Crippen LogP contribution in [0.25, 0.3) is 0 Å². The van der Waals surface area contributed by atoms with Gasteiger partial charge < -0.3 is 0 Å². The number of hydrogen-bond acceptors (Lipinski definition) is 0. The maximum atomic E-state index is 0. The van der Waals surface area contributed by atoms with E-state index in [1.165, 1.54) is 0 Å². The Kier molecular flexibility index (Phi) is 5580. The molecule has 60 valence electrons. The van der Waals surface area contributed by atoms with Gasteiger partial charge in [0.15, 0.2) is 0 Å². The first kappa shape index (κ1) is 252. The predicted octanol–water partition coefficient (Wildman–Crippen LogP) is 0.264. The first-order chi connectivity index (χ1) is 0. The van der Waals surface area contributed by atoms with Gasteiger partial charge in [0.05, 0.1) is 0 Å². The second-order valence-electron chi connectivity index (χ2n) is 0. The summed E-state index contributed by atoms with van der Waals surface area (Å²) >= 11 is 0. The van der Waals surface area contributed by atoms with Crippen LogP contribution in [0, 0.1) is 0 Å². The average Bonchev–Trinajstić information content (AvgIpc) is 0. The molecule has 8 heteroatoms. The van der Waals surface area contributed by atoms with Crippen LogP contribution in [0.1, 0.15) is 0 Å². The maximum absolute atomic E-state index is 0. The molecule has 0 saturated carbocycles. The van der Waals surface area contributed by atoms with E-state index in [1.54, 1.807) is 0 Å². The van der Waals surface area contributed by atoms with Gasteiger partial charge in [0.25, 0.3) is 0 Å². The first-order valence-corrected chi connectivity index (χ1v) is 0. The zero-order valence-corrected chi connectivity index (χ0v) is 3.75. The van der Waals surface area contributed by atoms with Crippen LogP contribution in [-0.2, 0) is 16.5 Å². The number of hydrogen-bond donors (Lipinski definition) is 0. The van der Waals surface area contributed by atoms with Gasteiger partial charge in [-0.2, -0.15) is 0 Å². The summed E-state index contributed by atoms with van der Waals surface area (Å²) in [5, 5.41) is 0. The normalized spacial score (nSPS) is 0. The molecule has 0 amide bonds. The van der Waals surface area contributed by atoms with Crippen LogP contribution < -0.4 is 0 Å². The van der Waals surface area contributed by atoms with E-state index in [0.717, 1.165) is 0 Å². The molecule has 0 aromatic rings. The van der Waals surface area contributed by atoms with Crippen LogP contribution in [0.5, 0.6) is 0 Å². The molecule has 0 nitrogen and oxygen atoms in total. The molecule has 0 aliphatic heterocycles. The van der Waals surface area contributed by atoms with Crippen molar-refractivity contribution < 1.29 is 44.7 Å². The fourth-order valence-electron chi connectivity index (χ4n) is 0. The van der Waals surface area contributed by atoms with Crippen molar-refractivity contribution in [3.63, 3.8) is 0 Å². The van der Waals surface area contributed by atoms with Gasteiger partial charge in [-0.3, -0.25) is 28.2 Å². The predicted molar refractivity (Wildman–Crippen MR) is 22.2 cm³/mol. The topological polar surface area (TPSA) is 0 Å². The molecule has 0 aliphatic carbocycles. The summed E-state index contributed by atoms with van der Waals surface area (Å²) < 4.78 is 0. The van der Waals surface area contributed by atoms with Crippen LogP contribution in [0.15, 0.2) is 0 Å². The van der Waals surface area contributed by atoms with Gasteiger partial charge in [-0.25, -0.2) is 0 Å². The largest absolute Gasteiger partial charge is 0 e. The summed E-state index contributed by atoms with van der Waals surface area (Å²) in [4.78, 5) is 0. The number of halogens is 6. The summed E-state index contributed by atoms with van der Waals surface area (Å²) in [7, 11) is 0. The fraction of sp³-hybridized carbons (Fsp3) is 0. The van der Waals surface area contributed by atoms with Crippen molar-refractivity contribution in [1.82, 2.24) is 0 Å². The van der Waals surface area contributed by atoms with Gasteiger partial charge in [-0.05, 0) is 0 Å². The van der Waals surface area contributed by atoms with Gasteiger partial charge in [0, 0.05) is 16.5 Å². The van der Waals surface area contributed by atoms with Gasteiger partial charge >= 0.3 is 51.4 Å². The second-order valence-corrected chi connectivity index (χ2v) is 0. The summed E-state index contributed by atoms with van der Waals surface area (Å²) in [5.74, 6) is 0. The van der Waals surface area contributed by atoms with Crippen LogP contribution in [0.2, 0.25) is 0 Å². The molecule has 8 heavy (non-hydrogen) atoms. The second kappa shape index (κ2) is 177. The van der Waals surface area contributed by atoms with Gasteiger partial charge in [0.1, 0.15) is 0 Å². The number of rotatable bonds is 0. The zero-order chi connectivity index (χ0) is 0. The van der Waals surface area contributed by atoms with Crippen molar-refractivity contribution in [2.24, 2.45) is 0 Å². The van der Waals surface area contributed by atoms with Crippen molar-refractivity contribution in [2.75, 3.05) is 0 Å². The van der Waals surface area contributed by atoms with E-state index in [4.69, 9.17) is 0 Å². The molecule has 0 N–H and O–H groups in total. The van der Waals surface area contributed by atoms with E-state index in [0.29, 0.717) is 0 Å². The van der Waals surface area contributed by atoms with E-state index in [1.807, 2.05) is 0 Å². The van der Waals surface area contributed by atoms with Crippen LogP contribution in [0.3, 0.4) is 0 Å². The van der Waals surface area contributed by atoms with E-state index in [2.05, 4.69) is 0 Å². The molecule has 0 spiro atoms. The molecule has 0 radical (unpaired) electrons. The molecule has 0 unspecified atom stereocenters. The Hall–Kier alpha value is 1.71. The average molecular weight is 219 g/mol. The molecule has 0 saturated heterocycles. The standard InChI is InChI=1S/6FH.K.Ni.H/h6*1H;;;. The smallest absolute Gasteiger partial charge is 0 e. The van der Waals surface area contributed by atoms with Crippen LogP contribution in [-0.4, -0.2) is 51.4 Å². The molecular weight excluding hydrogens is 212 g/mol. The van der Waals surface area contributed by atoms with Crippen LogP contribution in [0.4, 0.5) is 28.2 Å². The SMILES string of the molecule is F.F.F.F.F.F.[KH].[Ni]. The van der Waals surface area contributed by atoms with E-state index in [9.17, 15) is 0 Å². The van der Waals surface area contributed by atoms with Gasteiger partial charge in [-0.15, -0.1) is 0 Å². The maximum Gasteiger partial charge on any atom is 0 e. The Morgan fingerprint density at radius 1 is 0.375 bits per heavy atom. The molecule has 0 atom stereocenters. The Bertz CT molecular complexity index is 8.49. The van der Waals surface area contributed by atoms with Crippen molar-refractivity contribution in [1.29, 1.82) is 0 Å². The van der Waals surface area contributed by atoms with E-state index >= 15 is 0 Å². The molecule has 0 rings (SSSR count). The molecule has 0 fully saturated rings. The summed E-state index contributed by atoms with van der Waals surface area (Å²) in [6.45, 7) is 0. The van der Waals surface area contributed by atoms with E-state index in [-0.39, 0.29) is 96.1 Å². The third-order valence-corrected chi connectivity index (χ3v) is 0. The van der Waals surface area contributed by atoms with Gasteiger partial charge in [-0.1, -0.05) is 0 Å². The minimum absolute atomic E-state index is 0. The third-order valence-electron chi connectivity index (χ3n) is 0. The van der Waals surface area contributed by atoms with E-state index < -0.39 is 0 Å². The van der Waals surface area contributed by atoms with Crippen molar-refractivity contribution in [2.45, 2.75) is 0 Å². The molecule has 0 heterocycles. The minimum Gasteiger partial charge on any atom is 0 e. The third kappa shape index (κ3) is 119. The zero-order valence-electron chi connectivity index (χ0n) is 2.77. The van der Waals surface area contributed by atoms with Gasteiger partial charge in [0.2, 0.25) is 0 Å². The Balaban J connectivity index is 0. The quantitative estimate of drug-likeness (QED) is 0.405. The Labute approximate surface area is 94.7 Å². The van der Waals surface area contributed by atoms with Crippen molar-refractivity contribution >= 4 is 51.4 Å². The summed E-state index contributed by atoms with van der Waals surface area (Å²) in [6.07, 6.45) is 0. The first-order valence-electron chi connectivity index (χ1n) is 0. The Morgan fingerprint density at radius 3 is 0.375 bits per heavy atom. The summed E-state index contributed by atoms with van der Waals surface area (Å²) in [5.41, 5.74) is 0. The Morgan fingerprint density at radius 2 is 0.375 bits per heavy atom. The van der Waals surface area contributed by atoms with Crippen LogP contribution >= 0.6 is 0 Å². The fourth-order valence-corrected chi connectivity index (χ4v) is 0. The van der Waals surface area contributed by atoms with Crippen molar-refractivity contribution in [3.8, 4) is 0 Å². The summed E-state index contributed by atoms with van der Waals surface area (Å²) in [6, 6.07) is 0. The van der Waals surface area contributed by atoms with Crippen molar-refractivity contribution in [3.05, 3.63) is 0 Å².